The molecule has 0 aromatic carbocycles. The first-order valence-corrected chi connectivity index (χ1v) is 18.4. The summed E-state index contributed by atoms with van der Waals surface area (Å²) in [5.41, 5.74) is 0.593. The summed E-state index contributed by atoms with van der Waals surface area (Å²) in [7, 11) is 0. The molecule has 47 heavy (non-hydrogen) atoms. The topological polar surface area (TPSA) is 146 Å². The molecular formula is C38H61NO8. The summed E-state index contributed by atoms with van der Waals surface area (Å²) in [5, 5.41) is 44.7. The SMILES string of the molecule is CC(=O)N[C@H]1[C@H](O[C@H]2CC[C@]3(C)[C@H]4CC=C5[C@@H]6[C@@H](C)[C@H](C)CC[C@]6(C(=O)O)CC[C@@]5(C)[C@]4(C)CC[C@H]3C2(C)C)O[C@H](CO)[C@@H](O)[C@@H]1O. The number of rotatable bonds is 5. The fraction of sp³-hybridized carbons (Fsp3) is 0.895. The molecule has 6 aliphatic rings. The number of aliphatic hydroxyl groups excluding tert-OH is 3. The second kappa shape index (κ2) is 11.8. The monoisotopic (exact) mass is 659 g/mol. The van der Waals surface area contributed by atoms with Gasteiger partial charge in [0.05, 0.1) is 18.1 Å². The predicted molar refractivity (Wildman–Crippen MR) is 177 cm³/mol. The lowest BCUT2D eigenvalue weighted by molar-refractivity contribution is -0.306. The first kappa shape index (κ1) is 35.3. The van der Waals surface area contributed by atoms with Gasteiger partial charge in [0.25, 0.3) is 0 Å². The molecule has 0 aromatic rings. The summed E-state index contributed by atoms with van der Waals surface area (Å²) in [6.07, 6.45) is 5.90. The number of ether oxygens (including phenoxy) is 2. The van der Waals surface area contributed by atoms with E-state index in [0.717, 1.165) is 57.8 Å². The van der Waals surface area contributed by atoms with Gasteiger partial charge in [-0.25, -0.2) is 0 Å². The number of allylic oxidation sites excluding steroid dienone is 2. The molecule has 9 heteroatoms. The number of amides is 1. The van der Waals surface area contributed by atoms with Gasteiger partial charge in [-0.3, -0.25) is 9.59 Å². The molecule has 0 aromatic heterocycles. The summed E-state index contributed by atoms with van der Waals surface area (Å²) in [5.74, 6) is 0.801. The van der Waals surface area contributed by atoms with Crippen molar-refractivity contribution in [3.8, 4) is 0 Å². The van der Waals surface area contributed by atoms with Gasteiger partial charge in [0, 0.05) is 6.92 Å². The summed E-state index contributed by atoms with van der Waals surface area (Å²) in [4.78, 5) is 25.1. The molecule has 0 unspecified atom stereocenters. The van der Waals surface area contributed by atoms with E-state index < -0.39 is 48.6 Å². The van der Waals surface area contributed by atoms with Gasteiger partial charge in [-0.15, -0.1) is 0 Å². The van der Waals surface area contributed by atoms with Crippen molar-refractivity contribution in [3.05, 3.63) is 11.6 Å². The van der Waals surface area contributed by atoms with E-state index in [1.807, 2.05) is 0 Å². The van der Waals surface area contributed by atoms with Crippen molar-refractivity contribution in [2.75, 3.05) is 6.61 Å². The van der Waals surface area contributed by atoms with Gasteiger partial charge in [0.2, 0.25) is 5.91 Å². The van der Waals surface area contributed by atoms with E-state index in [1.54, 1.807) is 0 Å². The lowest BCUT2D eigenvalue weighted by Gasteiger charge is -2.71. The second-order valence-electron chi connectivity index (χ2n) is 18.0. The summed E-state index contributed by atoms with van der Waals surface area (Å²) in [6.45, 7) is 17.6. The number of hydrogen-bond donors (Lipinski definition) is 5. The Labute approximate surface area is 281 Å². The lowest BCUT2D eigenvalue weighted by atomic mass is 9.33. The van der Waals surface area contributed by atoms with Gasteiger partial charge < -0.3 is 35.2 Å². The maximum atomic E-state index is 13.0. The highest BCUT2D eigenvalue weighted by molar-refractivity contribution is 5.76. The Balaban J connectivity index is 1.30. The van der Waals surface area contributed by atoms with Crippen molar-refractivity contribution in [1.29, 1.82) is 0 Å². The Morgan fingerprint density at radius 1 is 0.957 bits per heavy atom. The van der Waals surface area contributed by atoms with Crippen molar-refractivity contribution < 1.29 is 39.5 Å². The molecule has 1 aliphatic heterocycles. The Kier molecular flexibility index (Phi) is 8.85. The molecule has 1 heterocycles. The zero-order chi connectivity index (χ0) is 34.5. The summed E-state index contributed by atoms with van der Waals surface area (Å²) < 4.78 is 12.7. The van der Waals surface area contributed by atoms with E-state index in [4.69, 9.17) is 9.47 Å². The highest BCUT2D eigenvalue weighted by Gasteiger charge is 2.70. The van der Waals surface area contributed by atoms with Crippen LogP contribution in [0.25, 0.3) is 0 Å². The van der Waals surface area contributed by atoms with Crippen LogP contribution in [0.2, 0.25) is 0 Å². The molecule has 9 nitrogen and oxygen atoms in total. The van der Waals surface area contributed by atoms with E-state index in [2.05, 4.69) is 59.9 Å². The lowest BCUT2D eigenvalue weighted by Crippen LogP contribution is -2.67. The van der Waals surface area contributed by atoms with Crippen LogP contribution < -0.4 is 5.32 Å². The van der Waals surface area contributed by atoms with Crippen LogP contribution in [0, 0.1) is 56.7 Å². The van der Waals surface area contributed by atoms with Crippen molar-refractivity contribution in [3.63, 3.8) is 0 Å². The van der Waals surface area contributed by atoms with Crippen LogP contribution in [0.15, 0.2) is 11.6 Å². The molecule has 0 spiro atoms. The Morgan fingerprint density at radius 2 is 1.66 bits per heavy atom. The first-order valence-electron chi connectivity index (χ1n) is 18.4. The van der Waals surface area contributed by atoms with Gasteiger partial charge in [-0.05, 0) is 109 Å². The number of hydrogen-bond acceptors (Lipinski definition) is 7. The Bertz CT molecular complexity index is 1280. The minimum absolute atomic E-state index is 0.0437. The number of carbonyl (C=O) groups is 2. The number of aliphatic hydroxyl groups is 3. The van der Waals surface area contributed by atoms with Gasteiger partial charge in [-0.2, -0.15) is 0 Å². The quantitative estimate of drug-likeness (QED) is 0.204. The summed E-state index contributed by atoms with van der Waals surface area (Å²) >= 11 is 0. The van der Waals surface area contributed by atoms with E-state index in [9.17, 15) is 30.0 Å². The molecule has 5 aliphatic carbocycles. The van der Waals surface area contributed by atoms with E-state index in [1.165, 1.54) is 12.5 Å². The van der Waals surface area contributed by atoms with Crippen LogP contribution in [-0.4, -0.2) is 75.7 Å². The average Bonchev–Trinajstić information content (AvgIpc) is 2.99. The second-order valence-corrected chi connectivity index (χ2v) is 18.0. The van der Waals surface area contributed by atoms with Crippen molar-refractivity contribution in [2.24, 2.45) is 56.7 Å². The summed E-state index contributed by atoms with van der Waals surface area (Å²) in [6, 6.07) is -0.958. The maximum Gasteiger partial charge on any atom is 0.310 e. The highest BCUT2D eigenvalue weighted by Crippen LogP contribution is 2.76. The molecule has 4 saturated carbocycles. The number of nitrogens with one attached hydrogen (secondary N) is 1. The normalized spacial score (nSPS) is 52.1. The zero-order valence-corrected chi connectivity index (χ0v) is 29.9. The molecular weight excluding hydrogens is 598 g/mol. The number of carboxylic acid groups (broad SMARTS) is 1. The minimum Gasteiger partial charge on any atom is -0.481 e. The van der Waals surface area contributed by atoms with Crippen molar-refractivity contribution in [1.82, 2.24) is 5.32 Å². The van der Waals surface area contributed by atoms with E-state index in [-0.39, 0.29) is 39.6 Å². The molecule has 15 atom stereocenters. The molecule has 0 bridgehead atoms. The average molecular weight is 660 g/mol. The highest BCUT2D eigenvalue weighted by atomic mass is 16.7. The molecule has 6 rings (SSSR count). The van der Waals surface area contributed by atoms with E-state index >= 15 is 0 Å². The third-order valence-electron chi connectivity index (χ3n) is 15.9. The van der Waals surface area contributed by atoms with Crippen LogP contribution >= 0.6 is 0 Å². The van der Waals surface area contributed by atoms with E-state index in [0.29, 0.717) is 23.7 Å². The van der Waals surface area contributed by atoms with Crippen LogP contribution in [-0.2, 0) is 19.1 Å². The number of carboxylic acids is 1. The molecule has 266 valence electrons. The fourth-order valence-electron chi connectivity index (χ4n) is 12.8. The zero-order valence-electron chi connectivity index (χ0n) is 29.9. The Hall–Kier alpha value is -1.52. The molecule has 1 amide bonds. The number of aliphatic carboxylic acids is 1. The van der Waals surface area contributed by atoms with Crippen molar-refractivity contribution in [2.45, 2.75) is 150 Å². The first-order chi connectivity index (χ1) is 21.9. The van der Waals surface area contributed by atoms with Crippen LogP contribution in [0.5, 0.6) is 0 Å². The predicted octanol–water partition coefficient (Wildman–Crippen LogP) is 5.06. The van der Waals surface area contributed by atoms with Crippen LogP contribution in [0.3, 0.4) is 0 Å². The molecule has 0 radical (unpaired) electrons. The van der Waals surface area contributed by atoms with Gasteiger partial charge >= 0.3 is 5.97 Å². The smallest absolute Gasteiger partial charge is 0.310 e. The standard InChI is InChI=1S/C38H61NO8/c1-20-11-16-38(33(44)45)18-17-36(7)23(28(38)21(20)2)9-10-26-35(6)14-13-27(34(4,5)25(35)12-15-37(26,36)8)47-32-29(39-22(3)41)31(43)30(42)24(19-40)46-32/h9,20-21,24-32,40,42-43H,10-19H2,1-8H3,(H,39,41)(H,44,45)/t20-,21+,24-,25+,26-,27+,28+,29-,30-,31-,32+,35+,36-,37-,38+/m1/s1. The van der Waals surface area contributed by atoms with Crippen molar-refractivity contribution >= 4 is 11.9 Å². The maximum absolute atomic E-state index is 13.0. The van der Waals surface area contributed by atoms with Crippen LogP contribution in [0.4, 0.5) is 0 Å². The largest absolute Gasteiger partial charge is 0.481 e. The van der Waals surface area contributed by atoms with Crippen LogP contribution in [0.1, 0.15) is 113 Å². The third kappa shape index (κ3) is 4.94. The van der Waals surface area contributed by atoms with Gasteiger partial charge in [-0.1, -0.05) is 60.1 Å². The fourth-order valence-corrected chi connectivity index (χ4v) is 12.8. The molecule has 5 fully saturated rings. The van der Waals surface area contributed by atoms with Gasteiger partial charge in [0.1, 0.15) is 24.4 Å². The Morgan fingerprint density at radius 3 is 2.30 bits per heavy atom. The molecule has 1 saturated heterocycles. The number of fused-ring (bicyclic) bond motifs is 7. The number of carbonyl (C=O) groups excluding carboxylic acids is 1. The minimum atomic E-state index is -1.35. The van der Waals surface area contributed by atoms with Gasteiger partial charge in [0.15, 0.2) is 6.29 Å². The third-order valence-corrected chi connectivity index (χ3v) is 15.9. The molecule has 5 N–H and O–H groups in total.